The zero-order chi connectivity index (χ0) is 20.4. The molecule has 4 rings (SSSR count). The van der Waals surface area contributed by atoms with Gasteiger partial charge in [-0.15, -0.1) is 0 Å². The minimum absolute atomic E-state index is 0.207. The highest BCUT2D eigenvalue weighted by Gasteiger charge is 2.30. The van der Waals surface area contributed by atoms with Gasteiger partial charge in [-0.05, 0) is 49.2 Å². The first-order valence-corrected chi connectivity index (χ1v) is 9.24. The second-order valence-electron chi connectivity index (χ2n) is 6.72. The van der Waals surface area contributed by atoms with Crippen molar-refractivity contribution in [3.05, 3.63) is 71.5 Å². The number of benzene rings is 2. The van der Waals surface area contributed by atoms with Crippen LogP contribution in [0.2, 0.25) is 0 Å². The summed E-state index contributed by atoms with van der Waals surface area (Å²) < 4.78 is 17.2. The van der Waals surface area contributed by atoms with Crippen LogP contribution in [0.3, 0.4) is 0 Å². The van der Waals surface area contributed by atoms with E-state index in [-0.39, 0.29) is 11.5 Å². The predicted molar refractivity (Wildman–Crippen MR) is 105 cm³/mol. The van der Waals surface area contributed by atoms with Crippen LogP contribution in [0, 0.1) is 0 Å². The minimum Gasteiger partial charge on any atom is -0.493 e. The van der Waals surface area contributed by atoms with Crippen LogP contribution in [0.4, 0.5) is 0 Å². The molecule has 0 N–H and O–H groups in total. The van der Waals surface area contributed by atoms with Gasteiger partial charge in [-0.3, -0.25) is 0 Å². The SMILES string of the molecule is COC(=O)c1ccc(OC(=O)c2cc(C3CC3)nn2-c2ccccc2)c(OC)c1. The molecule has 0 aliphatic heterocycles. The smallest absolute Gasteiger partial charge is 0.362 e. The van der Waals surface area contributed by atoms with E-state index in [0.29, 0.717) is 17.2 Å². The molecule has 29 heavy (non-hydrogen) atoms. The average molecular weight is 392 g/mol. The van der Waals surface area contributed by atoms with Gasteiger partial charge in [0, 0.05) is 5.92 Å². The number of aromatic nitrogens is 2. The lowest BCUT2D eigenvalue weighted by Gasteiger charge is -2.11. The highest BCUT2D eigenvalue weighted by Crippen LogP contribution is 2.40. The molecule has 1 saturated carbocycles. The molecule has 1 aliphatic rings. The van der Waals surface area contributed by atoms with Crippen molar-refractivity contribution in [3.8, 4) is 17.2 Å². The number of nitrogens with zero attached hydrogens (tertiary/aromatic N) is 2. The van der Waals surface area contributed by atoms with Crippen LogP contribution in [-0.2, 0) is 4.74 Å². The van der Waals surface area contributed by atoms with E-state index in [9.17, 15) is 9.59 Å². The molecule has 7 nitrogen and oxygen atoms in total. The van der Waals surface area contributed by atoms with Crippen molar-refractivity contribution in [1.82, 2.24) is 9.78 Å². The van der Waals surface area contributed by atoms with Crippen LogP contribution in [0.5, 0.6) is 11.5 Å². The number of hydrogen-bond acceptors (Lipinski definition) is 6. The molecule has 1 aliphatic carbocycles. The van der Waals surface area contributed by atoms with E-state index in [0.717, 1.165) is 24.2 Å². The van der Waals surface area contributed by atoms with Crippen molar-refractivity contribution in [3.63, 3.8) is 0 Å². The van der Waals surface area contributed by atoms with Crippen LogP contribution >= 0.6 is 0 Å². The molecule has 0 unspecified atom stereocenters. The summed E-state index contributed by atoms with van der Waals surface area (Å²) in [4.78, 5) is 24.7. The fourth-order valence-electron chi connectivity index (χ4n) is 3.04. The molecule has 0 radical (unpaired) electrons. The minimum atomic E-state index is -0.558. The van der Waals surface area contributed by atoms with Crippen LogP contribution in [0.15, 0.2) is 54.6 Å². The Morgan fingerprint density at radius 3 is 2.38 bits per heavy atom. The molecule has 1 heterocycles. The lowest BCUT2D eigenvalue weighted by molar-refractivity contribution is 0.0600. The van der Waals surface area contributed by atoms with Gasteiger partial charge in [-0.2, -0.15) is 5.10 Å². The molecule has 0 saturated heterocycles. The maximum atomic E-state index is 13.0. The Hall–Kier alpha value is -3.61. The second-order valence-corrected chi connectivity index (χ2v) is 6.72. The highest BCUT2D eigenvalue weighted by atomic mass is 16.6. The first-order valence-electron chi connectivity index (χ1n) is 9.24. The zero-order valence-electron chi connectivity index (χ0n) is 16.1. The maximum absolute atomic E-state index is 13.0. The number of para-hydroxylation sites is 1. The molecule has 7 heteroatoms. The maximum Gasteiger partial charge on any atom is 0.362 e. The lowest BCUT2D eigenvalue weighted by atomic mass is 10.2. The van der Waals surface area contributed by atoms with Gasteiger partial charge in [0.25, 0.3) is 0 Å². The zero-order valence-corrected chi connectivity index (χ0v) is 16.1. The van der Waals surface area contributed by atoms with Gasteiger partial charge >= 0.3 is 11.9 Å². The molecular weight excluding hydrogens is 372 g/mol. The van der Waals surface area contributed by atoms with Gasteiger partial charge in [0.2, 0.25) is 0 Å². The van der Waals surface area contributed by atoms with Crippen molar-refractivity contribution >= 4 is 11.9 Å². The second kappa shape index (κ2) is 7.79. The molecule has 0 bridgehead atoms. The van der Waals surface area contributed by atoms with E-state index < -0.39 is 11.9 Å². The molecule has 2 aromatic carbocycles. The number of ether oxygens (including phenoxy) is 3. The van der Waals surface area contributed by atoms with E-state index in [1.54, 1.807) is 10.7 Å². The third-order valence-corrected chi connectivity index (χ3v) is 4.72. The number of carbonyl (C=O) groups excluding carboxylic acids is 2. The summed E-state index contributed by atoms with van der Waals surface area (Å²) in [5.41, 5.74) is 2.29. The summed E-state index contributed by atoms with van der Waals surface area (Å²) in [6, 6.07) is 15.7. The number of rotatable bonds is 6. The van der Waals surface area contributed by atoms with Gasteiger partial charge < -0.3 is 14.2 Å². The van der Waals surface area contributed by atoms with Gasteiger partial charge in [0.1, 0.15) is 0 Å². The van der Waals surface area contributed by atoms with Crippen LogP contribution in [-0.4, -0.2) is 35.9 Å². The van der Waals surface area contributed by atoms with E-state index in [2.05, 4.69) is 5.10 Å². The molecule has 1 fully saturated rings. The molecule has 0 spiro atoms. The summed E-state index contributed by atoms with van der Waals surface area (Å²) in [5, 5.41) is 4.62. The molecular formula is C22H20N2O5. The summed E-state index contributed by atoms with van der Waals surface area (Å²) in [6.07, 6.45) is 2.15. The summed E-state index contributed by atoms with van der Waals surface area (Å²) >= 11 is 0. The van der Waals surface area contributed by atoms with Crippen molar-refractivity contribution in [1.29, 1.82) is 0 Å². The predicted octanol–water partition coefficient (Wildman–Crippen LogP) is 3.76. The first-order chi connectivity index (χ1) is 14.1. The van der Waals surface area contributed by atoms with E-state index in [1.165, 1.54) is 32.4 Å². The fraction of sp³-hybridized carbons (Fsp3) is 0.227. The number of hydrogen-bond donors (Lipinski definition) is 0. The lowest BCUT2D eigenvalue weighted by Crippen LogP contribution is -2.15. The Balaban J connectivity index is 1.66. The molecule has 0 atom stereocenters. The average Bonchev–Trinajstić information content (AvgIpc) is 3.52. The standard InChI is InChI=1S/C22H20N2O5/c1-27-20-12-15(21(25)28-2)10-11-19(20)29-22(26)18-13-17(14-8-9-14)23-24(18)16-6-4-3-5-7-16/h3-7,10-14H,8-9H2,1-2H3. The van der Waals surface area contributed by atoms with Crippen molar-refractivity contribution < 1.29 is 23.8 Å². The quantitative estimate of drug-likeness (QED) is 0.469. The fourth-order valence-corrected chi connectivity index (χ4v) is 3.04. The van der Waals surface area contributed by atoms with E-state index in [1.807, 2.05) is 30.3 Å². The monoisotopic (exact) mass is 392 g/mol. The van der Waals surface area contributed by atoms with E-state index >= 15 is 0 Å². The first kappa shape index (κ1) is 18.7. The molecule has 1 aromatic heterocycles. The van der Waals surface area contributed by atoms with Crippen molar-refractivity contribution in [2.75, 3.05) is 14.2 Å². The largest absolute Gasteiger partial charge is 0.493 e. The molecule has 3 aromatic rings. The van der Waals surface area contributed by atoms with Gasteiger partial charge in [-0.1, -0.05) is 18.2 Å². The Bertz CT molecular complexity index is 1050. The Morgan fingerprint density at radius 1 is 0.966 bits per heavy atom. The topological polar surface area (TPSA) is 79.7 Å². The Labute approximate surface area is 167 Å². The van der Waals surface area contributed by atoms with Gasteiger partial charge in [0.05, 0.1) is 31.2 Å². The Morgan fingerprint density at radius 2 is 1.72 bits per heavy atom. The van der Waals surface area contributed by atoms with Crippen molar-refractivity contribution in [2.24, 2.45) is 0 Å². The van der Waals surface area contributed by atoms with Gasteiger partial charge in [0.15, 0.2) is 17.2 Å². The van der Waals surface area contributed by atoms with Crippen LogP contribution in [0.1, 0.15) is 45.3 Å². The normalized spacial score (nSPS) is 13.0. The molecule has 0 amide bonds. The number of carbonyl (C=O) groups is 2. The van der Waals surface area contributed by atoms with Gasteiger partial charge in [-0.25, -0.2) is 14.3 Å². The Kier molecular flexibility index (Phi) is 5.03. The molecule has 148 valence electrons. The van der Waals surface area contributed by atoms with Crippen LogP contribution < -0.4 is 9.47 Å². The number of esters is 2. The third-order valence-electron chi connectivity index (χ3n) is 4.72. The third kappa shape index (κ3) is 3.85. The number of methoxy groups -OCH3 is 2. The van der Waals surface area contributed by atoms with Crippen molar-refractivity contribution in [2.45, 2.75) is 18.8 Å². The summed E-state index contributed by atoms with van der Waals surface area (Å²) in [5.74, 6) is -0.205. The highest BCUT2D eigenvalue weighted by molar-refractivity contribution is 5.92. The summed E-state index contributed by atoms with van der Waals surface area (Å²) in [7, 11) is 2.73. The van der Waals surface area contributed by atoms with E-state index in [4.69, 9.17) is 14.2 Å². The van der Waals surface area contributed by atoms with Crippen LogP contribution in [0.25, 0.3) is 5.69 Å². The summed E-state index contributed by atoms with van der Waals surface area (Å²) in [6.45, 7) is 0.